The highest BCUT2D eigenvalue weighted by Gasteiger charge is 2.32. The number of carbonyl (C=O) groups excluding carboxylic acids is 1. The SMILES string of the molecule is COC(=O)C1=C[C@@H](OC)O[C@@H]1OC. The second-order valence-electron chi connectivity index (χ2n) is 2.42. The zero-order valence-electron chi connectivity index (χ0n) is 7.77. The molecule has 1 rings (SSSR count). The summed E-state index contributed by atoms with van der Waals surface area (Å²) in [5.74, 6) is -0.466. The maximum absolute atomic E-state index is 11.1. The molecule has 0 aromatic carbocycles. The first kappa shape index (κ1) is 10.2. The Hall–Kier alpha value is -0.910. The van der Waals surface area contributed by atoms with E-state index in [1.165, 1.54) is 27.4 Å². The molecule has 0 fully saturated rings. The molecule has 0 unspecified atom stereocenters. The highest BCUT2D eigenvalue weighted by molar-refractivity contribution is 5.89. The molecule has 0 radical (unpaired) electrons. The van der Waals surface area contributed by atoms with Crippen LogP contribution in [-0.4, -0.2) is 39.9 Å². The van der Waals surface area contributed by atoms with Crippen molar-refractivity contribution in [1.29, 1.82) is 0 Å². The van der Waals surface area contributed by atoms with Crippen molar-refractivity contribution in [1.82, 2.24) is 0 Å². The van der Waals surface area contributed by atoms with Gasteiger partial charge in [-0.25, -0.2) is 4.79 Å². The van der Waals surface area contributed by atoms with Crippen LogP contribution in [-0.2, 0) is 23.7 Å². The minimum Gasteiger partial charge on any atom is -0.466 e. The van der Waals surface area contributed by atoms with Crippen molar-refractivity contribution < 1.29 is 23.7 Å². The van der Waals surface area contributed by atoms with Gasteiger partial charge in [0.25, 0.3) is 0 Å². The molecule has 13 heavy (non-hydrogen) atoms. The lowest BCUT2D eigenvalue weighted by molar-refractivity contribution is -0.180. The topological polar surface area (TPSA) is 54.0 Å². The normalized spacial score (nSPS) is 27.2. The van der Waals surface area contributed by atoms with Crippen molar-refractivity contribution >= 4 is 5.97 Å². The van der Waals surface area contributed by atoms with E-state index < -0.39 is 18.5 Å². The third kappa shape index (κ3) is 2.06. The van der Waals surface area contributed by atoms with Crippen LogP contribution < -0.4 is 0 Å². The minimum absolute atomic E-state index is 0.330. The zero-order valence-corrected chi connectivity index (χ0v) is 7.77. The molecular weight excluding hydrogens is 176 g/mol. The standard InChI is InChI=1S/C8H12O5/c1-10-6-4-5(7(9)11-2)8(12-3)13-6/h4,6,8H,1-3H3/t6-,8-/m0/s1. The monoisotopic (exact) mass is 188 g/mol. The van der Waals surface area contributed by atoms with E-state index in [1.54, 1.807) is 0 Å². The first-order chi connectivity index (χ1) is 6.22. The number of ether oxygens (including phenoxy) is 4. The van der Waals surface area contributed by atoms with Gasteiger partial charge in [-0.2, -0.15) is 0 Å². The highest BCUT2D eigenvalue weighted by Crippen LogP contribution is 2.21. The van der Waals surface area contributed by atoms with Crippen molar-refractivity contribution in [2.45, 2.75) is 12.6 Å². The Balaban J connectivity index is 2.72. The molecule has 74 valence electrons. The molecule has 0 amide bonds. The van der Waals surface area contributed by atoms with Gasteiger partial charge in [0, 0.05) is 14.2 Å². The molecule has 0 spiro atoms. The number of methoxy groups -OCH3 is 3. The van der Waals surface area contributed by atoms with E-state index in [0.717, 1.165) is 0 Å². The number of esters is 1. The van der Waals surface area contributed by atoms with Crippen LogP contribution in [0.1, 0.15) is 0 Å². The van der Waals surface area contributed by atoms with Crippen LogP contribution in [0.2, 0.25) is 0 Å². The molecule has 0 aromatic heterocycles. The fourth-order valence-electron chi connectivity index (χ4n) is 1.05. The molecule has 2 atom stereocenters. The summed E-state index contributed by atoms with van der Waals surface area (Å²) >= 11 is 0. The Kier molecular flexibility index (Phi) is 3.41. The number of hydrogen-bond acceptors (Lipinski definition) is 5. The van der Waals surface area contributed by atoms with Gasteiger partial charge < -0.3 is 18.9 Å². The van der Waals surface area contributed by atoms with Gasteiger partial charge in [-0.15, -0.1) is 0 Å². The van der Waals surface area contributed by atoms with Crippen LogP contribution in [0.4, 0.5) is 0 Å². The molecule has 1 aliphatic rings. The van der Waals surface area contributed by atoms with Gasteiger partial charge in [-0.1, -0.05) is 0 Å². The summed E-state index contributed by atoms with van der Waals surface area (Å²) in [4.78, 5) is 11.1. The Bertz CT molecular complexity index is 223. The fourth-order valence-corrected chi connectivity index (χ4v) is 1.05. The summed E-state index contributed by atoms with van der Waals surface area (Å²) < 4.78 is 19.5. The number of carbonyl (C=O) groups is 1. The van der Waals surface area contributed by atoms with Gasteiger partial charge in [-0.3, -0.25) is 0 Å². The summed E-state index contributed by atoms with van der Waals surface area (Å²) in [6, 6.07) is 0. The lowest BCUT2D eigenvalue weighted by Crippen LogP contribution is -2.21. The summed E-state index contributed by atoms with van der Waals surface area (Å²) in [6.45, 7) is 0. The highest BCUT2D eigenvalue weighted by atomic mass is 16.8. The Morgan fingerprint density at radius 2 is 2.08 bits per heavy atom. The molecule has 0 aliphatic carbocycles. The molecule has 5 nitrogen and oxygen atoms in total. The number of hydrogen-bond donors (Lipinski definition) is 0. The average Bonchev–Trinajstić information content (AvgIpc) is 2.59. The average molecular weight is 188 g/mol. The maximum atomic E-state index is 11.1. The predicted molar refractivity (Wildman–Crippen MR) is 42.8 cm³/mol. The second kappa shape index (κ2) is 4.36. The van der Waals surface area contributed by atoms with Crippen LogP contribution >= 0.6 is 0 Å². The molecule has 0 aromatic rings. The molecule has 0 saturated heterocycles. The third-order valence-corrected chi connectivity index (χ3v) is 1.69. The quantitative estimate of drug-likeness (QED) is 0.586. The van der Waals surface area contributed by atoms with Crippen molar-refractivity contribution in [3.05, 3.63) is 11.6 Å². The summed E-state index contributed by atoms with van der Waals surface area (Å²) in [5, 5.41) is 0. The van der Waals surface area contributed by atoms with Crippen LogP contribution in [0.3, 0.4) is 0 Å². The van der Waals surface area contributed by atoms with E-state index in [-0.39, 0.29) is 0 Å². The molecular formula is C8H12O5. The first-order valence-electron chi connectivity index (χ1n) is 3.74. The van der Waals surface area contributed by atoms with E-state index in [4.69, 9.17) is 14.2 Å². The van der Waals surface area contributed by atoms with Crippen LogP contribution in [0.15, 0.2) is 11.6 Å². The summed E-state index contributed by atoms with van der Waals surface area (Å²) in [6.07, 6.45) is 0.288. The van der Waals surface area contributed by atoms with Gasteiger partial charge in [0.1, 0.15) is 0 Å². The molecule has 0 saturated carbocycles. The minimum atomic E-state index is -0.697. The third-order valence-electron chi connectivity index (χ3n) is 1.69. The van der Waals surface area contributed by atoms with Crippen molar-refractivity contribution in [2.75, 3.05) is 21.3 Å². The number of rotatable bonds is 3. The lowest BCUT2D eigenvalue weighted by Gasteiger charge is -2.12. The van der Waals surface area contributed by atoms with E-state index >= 15 is 0 Å². The molecule has 5 heteroatoms. The van der Waals surface area contributed by atoms with E-state index in [0.29, 0.717) is 5.57 Å². The van der Waals surface area contributed by atoms with Gasteiger partial charge >= 0.3 is 5.97 Å². The molecule has 0 N–H and O–H groups in total. The van der Waals surface area contributed by atoms with Crippen LogP contribution in [0.25, 0.3) is 0 Å². The van der Waals surface area contributed by atoms with Gasteiger partial charge in [0.05, 0.1) is 12.7 Å². The molecule has 1 aliphatic heterocycles. The molecule has 1 heterocycles. The Morgan fingerprint density at radius 1 is 1.38 bits per heavy atom. The summed E-state index contributed by atoms with van der Waals surface area (Å²) in [7, 11) is 4.23. The van der Waals surface area contributed by atoms with Crippen molar-refractivity contribution in [3.63, 3.8) is 0 Å². The first-order valence-corrected chi connectivity index (χ1v) is 3.74. The smallest absolute Gasteiger partial charge is 0.338 e. The van der Waals surface area contributed by atoms with Crippen molar-refractivity contribution in [3.8, 4) is 0 Å². The van der Waals surface area contributed by atoms with Crippen LogP contribution in [0, 0.1) is 0 Å². The van der Waals surface area contributed by atoms with Crippen LogP contribution in [0.5, 0.6) is 0 Å². The predicted octanol–water partition coefficient (Wildman–Crippen LogP) is 0.0610. The van der Waals surface area contributed by atoms with E-state index in [1.807, 2.05) is 0 Å². The summed E-state index contributed by atoms with van der Waals surface area (Å²) in [5.41, 5.74) is 0.330. The van der Waals surface area contributed by atoms with Gasteiger partial charge in [0.15, 0.2) is 12.6 Å². The molecule has 0 bridgehead atoms. The Labute approximate surface area is 76.2 Å². The zero-order chi connectivity index (χ0) is 9.84. The fraction of sp³-hybridized carbons (Fsp3) is 0.625. The van der Waals surface area contributed by atoms with Gasteiger partial charge in [-0.05, 0) is 6.08 Å². The van der Waals surface area contributed by atoms with E-state index in [9.17, 15) is 4.79 Å². The van der Waals surface area contributed by atoms with Gasteiger partial charge in [0.2, 0.25) is 0 Å². The van der Waals surface area contributed by atoms with Crippen molar-refractivity contribution in [2.24, 2.45) is 0 Å². The van der Waals surface area contributed by atoms with E-state index in [2.05, 4.69) is 4.74 Å². The largest absolute Gasteiger partial charge is 0.466 e. The second-order valence-corrected chi connectivity index (χ2v) is 2.42. The maximum Gasteiger partial charge on any atom is 0.338 e. The Morgan fingerprint density at radius 3 is 2.54 bits per heavy atom. The lowest BCUT2D eigenvalue weighted by atomic mass is 10.2.